The van der Waals surface area contributed by atoms with Crippen LogP contribution in [0, 0.1) is 0 Å². The fraction of sp³-hybridized carbons (Fsp3) is 0.364. The zero-order valence-corrected chi connectivity index (χ0v) is 18.8. The molecule has 0 amide bonds. The van der Waals surface area contributed by atoms with Crippen molar-refractivity contribution in [2.75, 3.05) is 26.3 Å². The molecule has 2 unspecified atom stereocenters. The van der Waals surface area contributed by atoms with Gasteiger partial charge in [-0.3, -0.25) is 4.90 Å². The van der Waals surface area contributed by atoms with E-state index in [2.05, 4.69) is 9.88 Å². The first-order valence-corrected chi connectivity index (χ1v) is 11.1. The second-order valence-electron chi connectivity index (χ2n) is 7.50. The second-order valence-corrected chi connectivity index (χ2v) is 8.93. The molecule has 9 heteroatoms. The van der Waals surface area contributed by atoms with E-state index in [0.717, 1.165) is 10.2 Å². The molecule has 1 N–H and O–H groups in total. The van der Waals surface area contributed by atoms with Crippen LogP contribution in [0.3, 0.4) is 0 Å². The Hall–Kier alpha value is -2.39. The number of aromatic nitrogens is 1. The Kier molecular flexibility index (Phi) is 6.34. The molecule has 31 heavy (non-hydrogen) atoms. The first kappa shape index (κ1) is 21.8. The van der Waals surface area contributed by atoms with E-state index in [1.54, 1.807) is 37.3 Å². The van der Waals surface area contributed by atoms with Crippen molar-refractivity contribution in [1.29, 1.82) is 0 Å². The highest BCUT2D eigenvalue weighted by molar-refractivity contribution is 7.20. The van der Waals surface area contributed by atoms with Gasteiger partial charge >= 0.3 is 5.97 Å². The van der Waals surface area contributed by atoms with E-state index in [4.69, 9.17) is 25.8 Å². The van der Waals surface area contributed by atoms with Gasteiger partial charge in [-0.1, -0.05) is 22.9 Å². The fourth-order valence-electron chi connectivity index (χ4n) is 3.46. The van der Waals surface area contributed by atoms with Gasteiger partial charge in [0.25, 0.3) is 5.19 Å². The number of hydrogen-bond donors (Lipinski definition) is 1. The van der Waals surface area contributed by atoms with Gasteiger partial charge in [0.1, 0.15) is 11.5 Å². The van der Waals surface area contributed by atoms with Crippen LogP contribution >= 0.6 is 22.9 Å². The van der Waals surface area contributed by atoms with Gasteiger partial charge in [0, 0.05) is 18.1 Å². The summed E-state index contributed by atoms with van der Waals surface area (Å²) in [6.07, 6.45) is 0. The van der Waals surface area contributed by atoms with Gasteiger partial charge in [-0.25, -0.2) is 9.78 Å². The highest BCUT2D eigenvalue weighted by Crippen LogP contribution is 2.34. The van der Waals surface area contributed by atoms with Crippen LogP contribution in [-0.2, 0) is 9.53 Å². The zero-order chi connectivity index (χ0) is 22.0. The first-order chi connectivity index (χ1) is 14.8. The molecule has 0 bridgehead atoms. The fourth-order valence-corrected chi connectivity index (χ4v) is 4.57. The summed E-state index contributed by atoms with van der Waals surface area (Å²) >= 11 is 7.43. The molecule has 2 atom stereocenters. The summed E-state index contributed by atoms with van der Waals surface area (Å²) in [5.74, 6) is 0.0177. The molecule has 164 valence electrons. The Balaban J connectivity index is 1.47. The maximum Gasteiger partial charge on any atom is 0.349 e. The number of fused-ring (bicyclic) bond motifs is 1. The summed E-state index contributed by atoms with van der Waals surface area (Å²) in [4.78, 5) is 18.6. The lowest BCUT2D eigenvalue weighted by Gasteiger charge is -2.40. The quantitative estimate of drug-likeness (QED) is 0.545. The van der Waals surface area contributed by atoms with Gasteiger partial charge in [0.2, 0.25) is 5.60 Å². The molecular formula is C22H23ClN2O5S. The molecule has 3 aromatic rings. The van der Waals surface area contributed by atoms with Crippen molar-refractivity contribution in [2.24, 2.45) is 0 Å². The van der Waals surface area contributed by atoms with E-state index < -0.39 is 11.6 Å². The maximum absolute atomic E-state index is 12.1. The Morgan fingerprint density at radius 3 is 2.58 bits per heavy atom. The van der Waals surface area contributed by atoms with Crippen molar-refractivity contribution < 1.29 is 24.1 Å². The number of rotatable bonds is 7. The largest absolute Gasteiger partial charge is 0.478 e. The van der Waals surface area contributed by atoms with Gasteiger partial charge in [0.15, 0.2) is 0 Å². The van der Waals surface area contributed by atoms with Crippen LogP contribution in [0.1, 0.15) is 13.8 Å². The number of nitrogens with zero attached hydrogens (tertiary/aromatic N) is 2. The number of morpholine rings is 1. The summed E-state index contributed by atoms with van der Waals surface area (Å²) in [6, 6.07) is 12.0. The number of ether oxygens (including phenoxy) is 3. The minimum Gasteiger partial charge on any atom is -0.478 e. The SMILES string of the molecule is CC(N1CCOCC1)C(C)(Oc1ccc(Oc2nc3ccc(Cl)cc3s2)cc1)C(=O)O. The minimum absolute atomic E-state index is 0.334. The molecule has 1 saturated heterocycles. The van der Waals surface area contributed by atoms with Gasteiger partial charge in [-0.15, -0.1) is 0 Å². The number of aliphatic carboxylic acids is 1. The lowest BCUT2D eigenvalue weighted by atomic mass is 9.95. The third-order valence-electron chi connectivity index (χ3n) is 5.50. The summed E-state index contributed by atoms with van der Waals surface area (Å²) in [5, 5.41) is 11.1. The van der Waals surface area contributed by atoms with Crippen molar-refractivity contribution in [3.63, 3.8) is 0 Å². The summed E-state index contributed by atoms with van der Waals surface area (Å²) in [5.41, 5.74) is -0.592. The third-order valence-corrected chi connectivity index (χ3v) is 6.64. The van der Waals surface area contributed by atoms with Crippen LogP contribution in [0.15, 0.2) is 42.5 Å². The monoisotopic (exact) mass is 462 g/mol. The van der Waals surface area contributed by atoms with Crippen molar-refractivity contribution in [3.05, 3.63) is 47.5 Å². The number of carbonyl (C=O) groups is 1. The summed E-state index contributed by atoms with van der Waals surface area (Å²) in [6.45, 7) is 6.00. The van der Waals surface area contributed by atoms with Crippen LogP contribution in [0.2, 0.25) is 5.02 Å². The smallest absolute Gasteiger partial charge is 0.349 e. The lowest BCUT2D eigenvalue weighted by molar-refractivity contribution is -0.161. The Bertz CT molecular complexity index is 1070. The predicted molar refractivity (Wildman–Crippen MR) is 120 cm³/mol. The van der Waals surface area contributed by atoms with Crippen molar-refractivity contribution in [3.8, 4) is 16.7 Å². The van der Waals surface area contributed by atoms with Gasteiger partial charge in [-0.05, 0) is 56.3 Å². The number of thiazole rings is 1. The molecule has 2 heterocycles. The molecule has 0 radical (unpaired) electrons. The van der Waals surface area contributed by atoms with E-state index in [1.165, 1.54) is 11.3 Å². The van der Waals surface area contributed by atoms with E-state index >= 15 is 0 Å². The first-order valence-electron chi connectivity index (χ1n) is 9.93. The van der Waals surface area contributed by atoms with Crippen LogP contribution in [-0.4, -0.2) is 58.9 Å². The van der Waals surface area contributed by atoms with Crippen LogP contribution in [0.25, 0.3) is 10.2 Å². The van der Waals surface area contributed by atoms with E-state index in [9.17, 15) is 9.90 Å². The van der Waals surface area contributed by atoms with Crippen LogP contribution in [0.5, 0.6) is 16.7 Å². The lowest BCUT2D eigenvalue weighted by Crippen LogP contribution is -2.59. The van der Waals surface area contributed by atoms with Crippen LogP contribution < -0.4 is 9.47 Å². The number of carboxylic acids is 1. The molecule has 0 saturated carbocycles. The average molecular weight is 463 g/mol. The number of halogens is 1. The Labute approximate surface area is 189 Å². The third kappa shape index (κ3) is 4.77. The maximum atomic E-state index is 12.1. The van der Waals surface area contributed by atoms with E-state index in [1.807, 2.05) is 19.1 Å². The second kappa shape index (κ2) is 9.00. The standard InChI is InChI=1S/C22H23ClN2O5S/c1-14(25-9-11-28-12-10-25)22(2,20(26)27)30-17-6-4-16(5-7-17)29-21-24-18-8-3-15(23)13-19(18)31-21/h3-8,13-14H,9-12H2,1-2H3,(H,26,27). The molecule has 1 aliphatic rings. The van der Waals surface area contributed by atoms with Gasteiger partial charge in [-0.2, -0.15) is 0 Å². The highest BCUT2D eigenvalue weighted by Gasteiger charge is 2.44. The number of carboxylic acid groups (broad SMARTS) is 1. The average Bonchev–Trinajstić information content (AvgIpc) is 3.16. The number of benzene rings is 2. The van der Waals surface area contributed by atoms with E-state index in [0.29, 0.717) is 48.0 Å². The summed E-state index contributed by atoms with van der Waals surface area (Å²) < 4.78 is 18.1. The molecule has 4 rings (SSSR count). The topological polar surface area (TPSA) is 81.1 Å². The molecule has 1 aromatic heterocycles. The highest BCUT2D eigenvalue weighted by atomic mass is 35.5. The minimum atomic E-state index is -1.41. The van der Waals surface area contributed by atoms with Crippen molar-refractivity contribution >= 4 is 39.1 Å². The Morgan fingerprint density at radius 1 is 1.23 bits per heavy atom. The molecule has 1 fully saturated rings. The molecular weight excluding hydrogens is 440 g/mol. The van der Waals surface area contributed by atoms with E-state index in [-0.39, 0.29) is 6.04 Å². The molecule has 0 aliphatic carbocycles. The van der Waals surface area contributed by atoms with Crippen LogP contribution in [0.4, 0.5) is 0 Å². The Morgan fingerprint density at radius 2 is 1.90 bits per heavy atom. The molecule has 7 nitrogen and oxygen atoms in total. The molecule has 2 aromatic carbocycles. The molecule has 0 spiro atoms. The summed E-state index contributed by atoms with van der Waals surface area (Å²) in [7, 11) is 0. The zero-order valence-electron chi connectivity index (χ0n) is 17.2. The van der Waals surface area contributed by atoms with Gasteiger partial charge in [0.05, 0.1) is 29.5 Å². The van der Waals surface area contributed by atoms with Gasteiger partial charge < -0.3 is 19.3 Å². The van der Waals surface area contributed by atoms with Crippen molar-refractivity contribution in [1.82, 2.24) is 9.88 Å². The normalized spacial score (nSPS) is 17.8. The number of hydrogen-bond acceptors (Lipinski definition) is 7. The predicted octanol–water partition coefficient (Wildman–Crippen LogP) is 4.68. The van der Waals surface area contributed by atoms with Crippen molar-refractivity contribution in [2.45, 2.75) is 25.5 Å². The molecule has 1 aliphatic heterocycles.